The summed E-state index contributed by atoms with van der Waals surface area (Å²) in [4.78, 5) is 40.8. The Hall–Kier alpha value is -4.86. The molecule has 0 atom stereocenters. The molecule has 2 aromatic carbocycles. The van der Waals surface area contributed by atoms with Crippen LogP contribution in [0.3, 0.4) is 0 Å². The zero-order valence-corrected chi connectivity index (χ0v) is 24.0. The first-order valence-corrected chi connectivity index (χ1v) is 13.7. The molecule has 0 spiro atoms. The van der Waals surface area contributed by atoms with Crippen LogP contribution in [0.15, 0.2) is 96.2 Å². The number of rotatable bonds is 10. The quantitative estimate of drug-likeness (QED) is 0.221. The summed E-state index contributed by atoms with van der Waals surface area (Å²) in [5.41, 5.74) is 4.42. The Balaban J connectivity index is 1.17. The molecule has 5 rings (SSSR count). The Morgan fingerprint density at radius 3 is 2.57 bits per heavy atom. The van der Waals surface area contributed by atoms with Gasteiger partial charge in [-0.1, -0.05) is 48.0 Å². The fourth-order valence-electron chi connectivity index (χ4n) is 4.38. The molecular weight excluding hydrogens is 550 g/mol. The van der Waals surface area contributed by atoms with Gasteiger partial charge in [-0.15, -0.1) is 0 Å². The number of hydrogen-bond donors (Lipinski definition) is 2. The fourth-order valence-corrected chi connectivity index (χ4v) is 4.49. The van der Waals surface area contributed by atoms with E-state index in [2.05, 4.69) is 42.6 Å². The number of fused-ring (bicyclic) bond motifs is 1. The van der Waals surface area contributed by atoms with E-state index >= 15 is 0 Å². The molecule has 9 nitrogen and oxygen atoms in total. The number of hydrogen-bond acceptors (Lipinski definition) is 7. The molecule has 0 aliphatic carbocycles. The number of carbonyl (C=O) groups excluding carboxylic acids is 1. The zero-order valence-electron chi connectivity index (χ0n) is 23.3. The lowest BCUT2D eigenvalue weighted by Gasteiger charge is -2.11. The minimum atomic E-state index is -0.437. The lowest BCUT2D eigenvalue weighted by Crippen LogP contribution is -2.33. The lowest BCUT2D eigenvalue weighted by atomic mass is 10.1. The molecule has 1 amide bonds. The number of aromatic nitrogens is 4. The van der Waals surface area contributed by atoms with Crippen LogP contribution in [0.2, 0.25) is 5.15 Å². The van der Waals surface area contributed by atoms with Crippen molar-refractivity contribution in [3.63, 3.8) is 0 Å². The SMILES string of the molecule is CN(C)Cc1ccc(Nc2ncc3cc(/C=C/CNC(=O)c4cccn(Cc5ccc(Cl)nc5)c4=O)ccc3n2)cc1. The number of halogens is 1. The van der Waals surface area contributed by atoms with E-state index in [0.29, 0.717) is 11.1 Å². The third kappa shape index (κ3) is 7.45. The van der Waals surface area contributed by atoms with E-state index < -0.39 is 5.91 Å². The first-order valence-electron chi connectivity index (χ1n) is 13.4. The number of pyridine rings is 2. The van der Waals surface area contributed by atoms with Crippen molar-refractivity contribution in [2.24, 2.45) is 0 Å². The summed E-state index contributed by atoms with van der Waals surface area (Å²) in [6, 6.07) is 20.7. The second-order valence-corrected chi connectivity index (χ2v) is 10.4. The van der Waals surface area contributed by atoms with Gasteiger partial charge in [-0.2, -0.15) is 0 Å². The van der Waals surface area contributed by atoms with Crippen molar-refractivity contribution in [2.75, 3.05) is 26.0 Å². The number of nitrogens with zero attached hydrogens (tertiary/aromatic N) is 5. The molecule has 0 unspecified atom stereocenters. The number of benzene rings is 2. The molecule has 10 heteroatoms. The van der Waals surface area contributed by atoms with E-state index in [0.717, 1.165) is 34.3 Å². The Bertz CT molecular complexity index is 1780. The van der Waals surface area contributed by atoms with Gasteiger partial charge in [-0.3, -0.25) is 9.59 Å². The van der Waals surface area contributed by atoms with E-state index in [1.807, 2.05) is 56.6 Å². The Kier molecular flexibility index (Phi) is 9.01. The molecule has 0 saturated carbocycles. The van der Waals surface area contributed by atoms with Crippen molar-refractivity contribution in [2.45, 2.75) is 13.1 Å². The van der Waals surface area contributed by atoms with Crippen LogP contribution in [0.1, 0.15) is 27.0 Å². The van der Waals surface area contributed by atoms with Crippen LogP contribution in [-0.4, -0.2) is 51.0 Å². The molecule has 212 valence electrons. The summed E-state index contributed by atoms with van der Waals surface area (Å²) in [6.45, 7) is 1.44. The Morgan fingerprint density at radius 1 is 1.00 bits per heavy atom. The van der Waals surface area contributed by atoms with Crippen molar-refractivity contribution in [1.29, 1.82) is 0 Å². The van der Waals surface area contributed by atoms with Crippen LogP contribution in [0.5, 0.6) is 0 Å². The van der Waals surface area contributed by atoms with Gasteiger partial charge in [-0.05, 0) is 73.3 Å². The molecule has 3 heterocycles. The predicted octanol–water partition coefficient (Wildman–Crippen LogP) is 5.14. The summed E-state index contributed by atoms with van der Waals surface area (Å²) >= 11 is 5.84. The normalized spacial score (nSPS) is 11.3. The van der Waals surface area contributed by atoms with Gasteiger partial charge in [-0.25, -0.2) is 15.0 Å². The van der Waals surface area contributed by atoms with Crippen molar-refractivity contribution in [3.8, 4) is 0 Å². The Morgan fingerprint density at radius 2 is 1.81 bits per heavy atom. The smallest absolute Gasteiger partial charge is 0.263 e. The third-order valence-electron chi connectivity index (χ3n) is 6.41. The van der Waals surface area contributed by atoms with Gasteiger partial charge in [0.15, 0.2) is 0 Å². The van der Waals surface area contributed by atoms with Gasteiger partial charge >= 0.3 is 0 Å². The molecule has 42 heavy (non-hydrogen) atoms. The number of amides is 1. The molecular formula is C32H30ClN7O2. The van der Waals surface area contributed by atoms with Crippen LogP contribution in [0, 0.1) is 0 Å². The summed E-state index contributed by atoms with van der Waals surface area (Å²) in [5.74, 6) is 0.0891. The highest BCUT2D eigenvalue weighted by Gasteiger charge is 2.11. The topological polar surface area (TPSA) is 105 Å². The average Bonchev–Trinajstić information content (AvgIpc) is 2.98. The second-order valence-electron chi connectivity index (χ2n) is 10.0. The monoisotopic (exact) mass is 579 g/mol. The van der Waals surface area contributed by atoms with E-state index in [1.54, 1.807) is 36.8 Å². The molecule has 0 bridgehead atoms. The molecule has 5 aromatic rings. The van der Waals surface area contributed by atoms with Crippen LogP contribution < -0.4 is 16.2 Å². The van der Waals surface area contributed by atoms with Gasteiger partial charge in [0.25, 0.3) is 11.5 Å². The standard InChI is InChI=1S/C32H30ClN7O2/c1-39(2)20-23-7-11-26(12-8-23)37-32-36-19-25-17-22(9-13-28(25)38-32)5-3-15-34-30(41)27-6-4-16-40(31(27)42)21-24-10-14-29(33)35-18-24/h3-14,16-19H,15,20-21H2,1-2H3,(H,34,41)(H,36,37,38)/b5-3+. The van der Waals surface area contributed by atoms with Crippen molar-refractivity contribution >= 4 is 46.1 Å². The van der Waals surface area contributed by atoms with Crippen molar-refractivity contribution < 1.29 is 4.79 Å². The maximum Gasteiger partial charge on any atom is 0.263 e. The van der Waals surface area contributed by atoms with Gasteiger partial charge in [0.1, 0.15) is 10.7 Å². The minimum Gasteiger partial charge on any atom is -0.348 e. The molecule has 3 aromatic heterocycles. The zero-order chi connectivity index (χ0) is 29.5. The van der Waals surface area contributed by atoms with E-state index in [-0.39, 0.29) is 24.2 Å². The maximum atomic E-state index is 12.9. The lowest BCUT2D eigenvalue weighted by molar-refractivity contribution is 0.0956. The predicted molar refractivity (Wildman–Crippen MR) is 167 cm³/mol. The largest absolute Gasteiger partial charge is 0.348 e. The molecule has 0 fully saturated rings. The minimum absolute atomic E-state index is 0.0737. The third-order valence-corrected chi connectivity index (χ3v) is 6.63. The van der Waals surface area contributed by atoms with Gasteiger partial charge < -0.3 is 20.1 Å². The molecule has 0 radical (unpaired) electrons. The average molecular weight is 580 g/mol. The van der Waals surface area contributed by atoms with E-state index in [1.165, 1.54) is 16.2 Å². The van der Waals surface area contributed by atoms with Gasteiger partial charge in [0.2, 0.25) is 5.95 Å². The van der Waals surface area contributed by atoms with Crippen LogP contribution in [0.25, 0.3) is 17.0 Å². The van der Waals surface area contributed by atoms with E-state index in [9.17, 15) is 9.59 Å². The second kappa shape index (κ2) is 13.2. The van der Waals surface area contributed by atoms with Gasteiger partial charge in [0, 0.05) is 42.8 Å². The van der Waals surface area contributed by atoms with Crippen molar-refractivity contribution in [3.05, 3.63) is 129 Å². The highest BCUT2D eigenvalue weighted by Crippen LogP contribution is 2.19. The molecule has 0 aliphatic rings. The summed E-state index contributed by atoms with van der Waals surface area (Å²) in [5, 5.41) is 7.32. The number of nitrogens with one attached hydrogen (secondary N) is 2. The van der Waals surface area contributed by atoms with Crippen LogP contribution in [-0.2, 0) is 13.1 Å². The number of carbonyl (C=O) groups is 1. The van der Waals surface area contributed by atoms with E-state index in [4.69, 9.17) is 11.6 Å². The summed E-state index contributed by atoms with van der Waals surface area (Å²) in [6.07, 6.45) is 8.76. The van der Waals surface area contributed by atoms with Crippen molar-refractivity contribution in [1.82, 2.24) is 29.7 Å². The van der Waals surface area contributed by atoms with Crippen LogP contribution in [0.4, 0.5) is 11.6 Å². The molecule has 0 aliphatic heterocycles. The van der Waals surface area contributed by atoms with Gasteiger partial charge in [0.05, 0.1) is 12.1 Å². The van der Waals surface area contributed by atoms with Crippen LogP contribution >= 0.6 is 11.6 Å². The maximum absolute atomic E-state index is 12.9. The highest BCUT2D eigenvalue weighted by atomic mass is 35.5. The summed E-state index contributed by atoms with van der Waals surface area (Å²) in [7, 11) is 4.09. The highest BCUT2D eigenvalue weighted by molar-refractivity contribution is 6.29. The Labute approximate surface area is 248 Å². The summed E-state index contributed by atoms with van der Waals surface area (Å²) < 4.78 is 1.47. The first-order chi connectivity index (χ1) is 20.3. The molecule has 2 N–H and O–H groups in total. The first kappa shape index (κ1) is 28.7. The molecule has 0 saturated heterocycles. The fraction of sp³-hybridized carbons (Fsp3) is 0.156. The number of anilines is 2.